The van der Waals surface area contributed by atoms with E-state index in [1.54, 1.807) is 0 Å². The normalized spacial score (nSPS) is 15.3. The van der Waals surface area contributed by atoms with Crippen molar-refractivity contribution in [2.75, 3.05) is 42.9 Å². The number of rotatable bonds is 4. The van der Waals surface area contributed by atoms with Crippen molar-refractivity contribution in [3.05, 3.63) is 59.7 Å². The Balaban J connectivity index is 1.51. The lowest BCUT2D eigenvalue weighted by atomic mass is 10.1. The molecule has 1 amide bonds. The highest BCUT2D eigenvalue weighted by atomic mass is 16.2. The number of hydrogen-bond donors (Lipinski definition) is 2. The summed E-state index contributed by atoms with van der Waals surface area (Å²) in [4.78, 5) is 16.1. The molecular formula is C20H26N3O+. The molecule has 1 saturated heterocycles. The van der Waals surface area contributed by atoms with E-state index < -0.39 is 0 Å². The Kier molecular flexibility index (Phi) is 5.16. The van der Waals surface area contributed by atoms with Crippen LogP contribution in [0.15, 0.2) is 48.5 Å². The van der Waals surface area contributed by atoms with E-state index in [9.17, 15) is 4.79 Å². The molecule has 0 aromatic heterocycles. The number of piperazine rings is 1. The molecular weight excluding hydrogens is 298 g/mol. The lowest BCUT2D eigenvalue weighted by Gasteiger charge is -2.34. The van der Waals surface area contributed by atoms with Crippen molar-refractivity contribution < 1.29 is 9.69 Å². The Bertz CT molecular complexity index is 706. The number of quaternary nitrogens is 1. The van der Waals surface area contributed by atoms with E-state index in [0.717, 1.165) is 37.4 Å². The molecule has 2 aromatic rings. The maximum absolute atomic E-state index is 12.3. The molecule has 4 nitrogen and oxygen atoms in total. The fourth-order valence-corrected chi connectivity index (χ4v) is 3.29. The summed E-state index contributed by atoms with van der Waals surface area (Å²) < 4.78 is 0. The van der Waals surface area contributed by atoms with Gasteiger partial charge < -0.3 is 15.1 Å². The number of nitrogens with zero attached hydrogens (tertiary/aromatic N) is 1. The number of benzene rings is 2. The molecule has 3 rings (SSSR count). The minimum atomic E-state index is 0.101. The van der Waals surface area contributed by atoms with Crippen LogP contribution in [-0.4, -0.2) is 38.6 Å². The molecule has 1 aliphatic rings. The van der Waals surface area contributed by atoms with Gasteiger partial charge in [0.25, 0.3) is 5.91 Å². The molecule has 0 spiro atoms. The predicted octanol–water partition coefficient (Wildman–Crippen LogP) is 1.65. The minimum Gasteiger partial charge on any atom is -0.360 e. The second kappa shape index (κ2) is 7.49. The van der Waals surface area contributed by atoms with Crippen LogP contribution in [-0.2, 0) is 4.79 Å². The molecule has 24 heavy (non-hydrogen) atoms. The van der Waals surface area contributed by atoms with Crippen molar-refractivity contribution in [2.24, 2.45) is 0 Å². The Labute approximate surface area is 144 Å². The predicted molar refractivity (Wildman–Crippen MR) is 98.8 cm³/mol. The molecule has 0 atom stereocenters. The summed E-state index contributed by atoms with van der Waals surface area (Å²) in [5.41, 5.74) is 4.66. The molecule has 2 aromatic carbocycles. The first-order valence-corrected chi connectivity index (χ1v) is 8.63. The Morgan fingerprint density at radius 2 is 1.62 bits per heavy atom. The van der Waals surface area contributed by atoms with E-state index in [-0.39, 0.29) is 5.91 Å². The van der Waals surface area contributed by atoms with Crippen LogP contribution in [0.5, 0.6) is 0 Å². The Morgan fingerprint density at radius 1 is 1.00 bits per heavy atom. The van der Waals surface area contributed by atoms with Crippen LogP contribution in [0.25, 0.3) is 0 Å². The number of para-hydroxylation sites is 2. The van der Waals surface area contributed by atoms with Crippen molar-refractivity contribution >= 4 is 17.3 Å². The third kappa shape index (κ3) is 3.95. The van der Waals surface area contributed by atoms with Gasteiger partial charge in [-0.1, -0.05) is 36.4 Å². The lowest BCUT2D eigenvalue weighted by molar-refractivity contribution is -0.892. The van der Waals surface area contributed by atoms with Gasteiger partial charge >= 0.3 is 0 Å². The summed E-state index contributed by atoms with van der Waals surface area (Å²) in [7, 11) is 0. The quantitative estimate of drug-likeness (QED) is 0.897. The van der Waals surface area contributed by atoms with Crippen molar-refractivity contribution in [1.82, 2.24) is 0 Å². The first-order valence-electron chi connectivity index (χ1n) is 8.63. The summed E-state index contributed by atoms with van der Waals surface area (Å²) in [6, 6.07) is 16.4. The Morgan fingerprint density at radius 3 is 2.29 bits per heavy atom. The van der Waals surface area contributed by atoms with Crippen LogP contribution in [0.3, 0.4) is 0 Å². The number of hydrogen-bond acceptors (Lipinski definition) is 2. The van der Waals surface area contributed by atoms with Gasteiger partial charge in [0.1, 0.15) is 0 Å². The van der Waals surface area contributed by atoms with E-state index in [0.29, 0.717) is 6.54 Å². The third-order valence-electron chi connectivity index (χ3n) is 4.76. The van der Waals surface area contributed by atoms with Crippen LogP contribution in [0, 0.1) is 13.8 Å². The lowest BCUT2D eigenvalue weighted by Crippen LogP contribution is -3.15. The first-order chi connectivity index (χ1) is 11.6. The Hall–Kier alpha value is -2.33. The van der Waals surface area contributed by atoms with Crippen LogP contribution >= 0.6 is 0 Å². The van der Waals surface area contributed by atoms with E-state index >= 15 is 0 Å². The van der Waals surface area contributed by atoms with E-state index in [2.05, 4.69) is 41.4 Å². The second-order valence-corrected chi connectivity index (χ2v) is 6.56. The van der Waals surface area contributed by atoms with Crippen LogP contribution < -0.4 is 15.1 Å². The molecule has 0 unspecified atom stereocenters. The van der Waals surface area contributed by atoms with Gasteiger partial charge in [-0.3, -0.25) is 4.79 Å². The monoisotopic (exact) mass is 324 g/mol. The van der Waals surface area contributed by atoms with Gasteiger partial charge in [0, 0.05) is 11.4 Å². The number of nitrogens with one attached hydrogen (secondary N) is 2. The molecule has 4 heteroatoms. The number of anilines is 2. The fourth-order valence-electron chi connectivity index (χ4n) is 3.29. The number of aryl methyl sites for hydroxylation is 2. The summed E-state index contributed by atoms with van der Waals surface area (Å²) >= 11 is 0. The molecule has 126 valence electrons. The van der Waals surface area contributed by atoms with Crippen LogP contribution in [0.2, 0.25) is 0 Å². The molecule has 0 aliphatic carbocycles. The summed E-state index contributed by atoms with van der Waals surface area (Å²) in [6.45, 7) is 8.70. The zero-order chi connectivity index (χ0) is 16.9. The number of amides is 1. The van der Waals surface area contributed by atoms with Gasteiger partial charge in [0.15, 0.2) is 6.54 Å². The topological polar surface area (TPSA) is 36.8 Å². The summed E-state index contributed by atoms with van der Waals surface area (Å²) in [6.07, 6.45) is 0. The maximum Gasteiger partial charge on any atom is 0.279 e. The molecule has 1 heterocycles. The molecule has 0 bridgehead atoms. The van der Waals surface area contributed by atoms with Gasteiger partial charge in [-0.2, -0.15) is 0 Å². The van der Waals surface area contributed by atoms with Gasteiger partial charge in [-0.25, -0.2) is 0 Å². The molecule has 0 radical (unpaired) electrons. The summed E-state index contributed by atoms with van der Waals surface area (Å²) in [5, 5.41) is 3.04. The first kappa shape index (κ1) is 16.5. The summed E-state index contributed by atoms with van der Waals surface area (Å²) in [5.74, 6) is 0.101. The van der Waals surface area contributed by atoms with Gasteiger partial charge in [0.2, 0.25) is 0 Å². The van der Waals surface area contributed by atoms with Gasteiger partial charge in [-0.05, 0) is 37.1 Å². The van der Waals surface area contributed by atoms with Gasteiger partial charge in [-0.15, -0.1) is 0 Å². The average molecular weight is 324 g/mol. The van der Waals surface area contributed by atoms with Gasteiger partial charge in [0.05, 0.1) is 26.2 Å². The average Bonchev–Trinajstić information content (AvgIpc) is 2.58. The minimum absolute atomic E-state index is 0.101. The highest BCUT2D eigenvalue weighted by Gasteiger charge is 2.23. The van der Waals surface area contributed by atoms with Crippen molar-refractivity contribution in [1.29, 1.82) is 0 Å². The van der Waals surface area contributed by atoms with Crippen molar-refractivity contribution in [2.45, 2.75) is 13.8 Å². The smallest absolute Gasteiger partial charge is 0.279 e. The largest absolute Gasteiger partial charge is 0.360 e. The second-order valence-electron chi connectivity index (χ2n) is 6.56. The zero-order valence-electron chi connectivity index (χ0n) is 14.5. The third-order valence-corrected chi connectivity index (χ3v) is 4.76. The van der Waals surface area contributed by atoms with Crippen LogP contribution in [0.4, 0.5) is 11.4 Å². The maximum atomic E-state index is 12.3. The van der Waals surface area contributed by atoms with E-state index in [1.165, 1.54) is 16.2 Å². The highest BCUT2D eigenvalue weighted by molar-refractivity contribution is 5.92. The number of carbonyl (C=O) groups is 1. The SMILES string of the molecule is Cc1ccccc1NC(=O)C[NH+]1CCN(c2ccccc2C)CC1. The molecule has 0 saturated carbocycles. The van der Waals surface area contributed by atoms with Crippen molar-refractivity contribution in [3.8, 4) is 0 Å². The standard InChI is InChI=1S/C20H25N3O/c1-16-7-3-5-9-18(16)21-20(24)15-22-11-13-23(14-12-22)19-10-6-4-8-17(19)2/h3-10H,11-15H2,1-2H3,(H,21,24)/p+1. The molecule has 1 aliphatic heterocycles. The number of carbonyl (C=O) groups excluding carboxylic acids is 1. The highest BCUT2D eigenvalue weighted by Crippen LogP contribution is 2.18. The van der Waals surface area contributed by atoms with E-state index in [1.807, 2.05) is 31.2 Å². The van der Waals surface area contributed by atoms with Crippen LogP contribution in [0.1, 0.15) is 11.1 Å². The molecule has 2 N–H and O–H groups in total. The van der Waals surface area contributed by atoms with Crippen molar-refractivity contribution in [3.63, 3.8) is 0 Å². The zero-order valence-corrected chi connectivity index (χ0v) is 14.5. The van der Waals surface area contributed by atoms with E-state index in [4.69, 9.17) is 0 Å². The fraction of sp³-hybridized carbons (Fsp3) is 0.350. The molecule has 1 fully saturated rings.